The molecule has 0 aliphatic heterocycles. The summed E-state index contributed by atoms with van der Waals surface area (Å²) in [4.78, 5) is 0. The molecule has 0 unspecified atom stereocenters. The van der Waals surface area contributed by atoms with Crippen LogP contribution in [0.5, 0.6) is 0 Å². The van der Waals surface area contributed by atoms with Crippen molar-refractivity contribution in [1.82, 2.24) is 5.32 Å². The van der Waals surface area contributed by atoms with E-state index >= 15 is 0 Å². The molecule has 0 heterocycles. The smallest absolute Gasteiger partial charge is 0.0462 e. The van der Waals surface area contributed by atoms with Gasteiger partial charge in [0.05, 0.1) is 0 Å². The van der Waals surface area contributed by atoms with Gasteiger partial charge in [-0.25, -0.2) is 0 Å². The molecule has 13 heavy (non-hydrogen) atoms. The van der Waals surface area contributed by atoms with E-state index in [1.54, 1.807) is 7.11 Å². The van der Waals surface area contributed by atoms with Crippen molar-refractivity contribution in [1.29, 1.82) is 0 Å². The highest BCUT2D eigenvalue weighted by molar-refractivity contribution is 4.94. The number of rotatable bonds is 7. The summed E-state index contributed by atoms with van der Waals surface area (Å²) in [5, 5.41) is 3.69. The van der Waals surface area contributed by atoms with Crippen molar-refractivity contribution in [3.8, 4) is 0 Å². The van der Waals surface area contributed by atoms with E-state index in [-0.39, 0.29) is 0 Å². The zero-order valence-corrected chi connectivity index (χ0v) is 9.07. The normalized spacial score (nSPS) is 19.8. The maximum atomic E-state index is 5.01. The fourth-order valence-electron chi connectivity index (χ4n) is 1.98. The van der Waals surface area contributed by atoms with E-state index in [1.165, 1.54) is 38.5 Å². The molecule has 1 N–H and O–H groups in total. The first kappa shape index (κ1) is 11.0. The second-order valence-electron chi connectivity index (χ2n) is 4.11. The number of hydrogen-bond acceptors (Lipinski definition) is 2. The van der Waals surface area contributed by atoms with Crippen LogP contribution in [-0.4, -0.2) is 25.8 Å². The second kappa shape index (κ2) is 5.61. The van der Waals surface area contributed by atoms with Crippen LogP contribution in [0.4, 0.5) is 0 Å². The van der Waals surface area contributed by atoms with Gasteiger partial charge < -0.3 is 10.1 Å². The van der Waals surface area contributed by atoms with Gasteiger partial charge in [0.2, 0.25) is 0 Å². The lowest BCUT2D eigenvalue weighted by atomic mass is 9.75. The Balaban J connectivity index is 1.98. The summed E-state index contributed by atoms with van der Waals surface area (Å²) >= 11 is 0. The van der Waals surface area contributed by atoms with Crippen molar-refractivity contribution < 1.29 is 4.74 Å². The number of unbranched alkanes of at least 4 members (excludes halogenated alkanes) is 1. The summed E-state index contributed by atoms with van der Waals surface area (Å²) in [6.45, 7) is 4.36. The molecule has 1 fully saturated rings. The maximum absolute atomic E-state index is 5.01. The van der Waals surface area contributed by atoms with Gasteiger partial charge >= 0.3 is 0 Å². The van der Waals surface area contributed by atoms with E-state index in [2.05, 4.69) is 12.2 Å². The van der Waals surface area contributed by atoms with Crippen LogP contribution in [0.15, 0.2) is 0 Å². The monoisotopic (exact) mass is 185 g/mol. The Kier molecular flexibility index (Phi) is 4.74. The predicted octanol–water partition coefficient (Wildman–Crippen LogP) is 2.34. The molecule has 0 aromatic rings. The van der Waals surface area contributed by atoms with E-state index in [1.807, 2.05) is 0 Å². The topological polar surface area (TPSA) is 21.3 Å². The quantitative estimate of drug-likeness (QED) is 0.615. The zero-order valence-electron chi connectivity index (χ0n) is 9.07. The fraction of sp³-hybridized carbons (Fsp3) is 1.00. The Morgan fingerprint density at radius 2 is 2.08 bits per heavy atom. The largest absolute Gasteiger partial charge is 0.385 e. The van der Waals surface area contributed by atoms with Crippen LogP contribution in [-0.2, 0) is 4.74 Å². The molecule has 78 valence electrons. The molecule has 2 heteroatoms. The molecule has 0 spiro atoms. The number of nitrogens with one attached hydrogen (secondary N) is 1. The predicted molar refractivity (Wildman–Crippen MR) is 56.0 cm³/mol. The minimum atomic E-state index is 0.521. The van der Waals surface area contributed by atoms with E-state index in [9.17, 15) is 0 Å². The van der Waals surface area contributed by atoms with Crippen molar-refractivity contribution in [3.05, 3.63) is 0 Å². The van der Waals surface area contributed by atoms with Gasteiger partial charge in [0.1, 0.15) is 0 Å². The van der Waals surface area contributed by atoms with Crippen LogP contribution in [0, 0.1) is 0 Å². The average molecular weight is 185 g/mol. The van der Waals surface area contributed by atoms with Gasteiger partial charge in [-0.2, -0.15) is 0 Å². The Labute approximate surface area is 82.0 Å². The molecular weight excluding hydrogens is 162 g/mol. The third-order valence-corrected chi connectivity index (χ3v) is 3.26. The first-order valence-electron chi connectivity index (χ1n) is 5.57. The van der Waals surface area contributed by atoms with E-state index < -0.39 is 0 Å². The summed E-state index contributed by atoms with van der Waals surface area (Å²) in [5.41, 5.74) is 0.521. The third kappa shape index (κ3) is 3.28. The average Bonchev–Trinajstić information content (AvgIpc) is 2.09. The molecule has 1 rings (SSSR count). The van der Waals surface area contributed by atoms with Crippen LogP contribution < -0.4 is 5.32 Å². The molecule has 0 atom stereocenters. The molecule has 0 saturated heterocycles. The first-order chi connectivity index (χ1) is 6.33. The summed E-state index contributed by atoms with van der Waals surface area (Å²) < 4.78 is 5.01. The molecular formula is C11H23NO. The van der Waals surface area contributed by atoms with E-state index in [0.29, 0.717) is 5.54 Å². The standard InChI is InChI=1S/C11H23NO/c1-3-11(7-6-8-11)12-9-4-5-10-13-2/h12H,3-10H2,1-2H3. The lowest BCUT2D eigenvalue weighted by molar-refractivity contribution is 0.167. The van der Waals surface area contributed by atoms with Crippen LogP contribution in [0.25, 0.3) is 0 Å². The van der Waals surface area contributed by atoms with Crippen LogP contribution in [0.3, 0.4) is 0 Å². The van der Waals surface area contributed by atoms with Crippen LogP contribution in [0.2, 0.25) is 0 Å². The van der Waals surface area contributed by atoms with E-state index in [0.717, 1.165) is 13.2 Å². The molecule has 1 aliphatic carbocycles. The van der Waals surface area contributed by atoms with Crippen molar-refractivity contribution in [3.63, 3.8) is 0 Å². The molecule has 2 nitrogen and oxygen atoms in total. The fourth-order valence-corrected chi connectivity index (χ4v) is 1.98. The second-order valence-corrected chi connectivity index (χ2v) is 4.11. The minimum absolute atomic E-state index is 0.521. The Morgan fingerprint density at radius 1 is 1.31 bits per heavy atom. The van der Waals surface area contributed by atoms with Gasteiger partial charge in [0, 0.05) is 19.3 Å². The Morgan fingerprint density at radius 3 is 2.54 bits per heavy atom. The first-order valence-corrected chi connectivity index (χ1v) is 5.57. The minimum Gasteiger partial charge on any atom is -0.385 e. The molecule has 0 radical (unpaired) electrons. The summed E-state index contributed by atoms with van der Waals surface area (Å²) in [5.74, 6) is 0. The van der Waals surface area contributed by atoms with Crippen molar-refractivity contribution >= 4 is 0 Å². The van der Waals surface area contributed by atoms with Crippen molar-refractivity contribution in [2.75, 3.05) is 20.3 Å². The maximum Gasteiger partial charge on any atom is 0.0462 e. The third-order valence-electron chi connectivity index (χ3n) is 3.26. The Hall–Kier alpha value is -0.0800. The van der Waals surface area contributed by atoms with Gasteiger partial charge in [0.15, 0.2) is 0 Å². The van der Waals surface area contributed by atoms with Gasteiger partial charge in [-0.3, -0.25) is 0 Å². The molecule has 1 saturated carbocycles. The summed E-state index contributed by atoms with van der Waals surface area (Å²) in [7, 11) is 1.77. The SMILES string of the molecule is CCC1(NCCCCOC)CCC1. The van der Waals surface area contributed by atoms with Crippen LogP contribution >= 0.6 is 0 Å². The van der Waals surface area contributed by atoms with Crippen molar-refractivity contribution in [2.24, 2.45) is 0 Å². The number of methoxy groups -OCH3 is 1. The number of hydrogen-bond donors (Lipinski definition) is 1. The zero-order chi connectivity index (χ0) is 9.57. The molecule has 0 aromatic carbocycles. The van der Waals surface area contributed by atoms with Gasteiger partial charge in [-0.15, -0.1) is 0 Å². The highest BCUT2D eigenvalue weighted by Gasteiger charge is 2.33. The molecule has 0 amide bonds. The molecule has 0 aromatic heterocycles. The van der Waals surface area contributed by atoms with Gasteiger partial charge in [-0.1, -0.05) is 6.92 Å². The molecule has 0 bridgehead atoms. The molecule has 1 aliphatic rings. The van der Waals surface area contributed by atoms with Gasteiger partial charge in [0.25, 0.3) is 0 Å². The van der Waals surface area contributed by atoms with Gasteiger partial charge in [-0.05, 0) is 45.1 Å². The Bertz CT molecular complexity index is 127. The summed E-state index contributed by atoms with van der Waals surface area (Å²) in [6.07, 6.45) is 7.90. The van der Waals surface area contributed by atoms with E-state index in [4.69, 9.17) is 4.74 Å². The lowest BCUT2D eigenvalue weighted by Gasteiger charge is -2.42. The highest BCUT2D eigenvalue weighted by Crippen LogP contribution is 2.34. The lowest BCUT2D eigenvalue weighted by Crippen LogP contribution is -2.50. The van der Waals surface area contributed by atoms with Crippen LogP contribution in [0.1, 0.15) is 45.4 Å². The number of ether oxygens (including phenoxy) is 1. The highest BCUT2D eigenvalue weighted by atomic mass is 16.5. The van der Waals surface area contributed by atoms with Crippen molar-refractivity contribution in [2.45, 2.75) is 51.0 Å². The summed E-state index contributed by atoms with van der Waals surface area (Å²) in [6, 6.07) is 0.